The minimum atomic E-state index is -4.74. The number of amides is 1. The van der Waals surface area contributed by atoms with Gasteiger partial charge in [-0.25, -0.2) is 14.7 Å². The number of aryl methyl sites for hydroxylation is 1. The second-order valence-corrected chi connectivity index (χ2v) is 12.2. The Labute approximate surface area is 269 Å². The van der Waals surface area contributed by atoms with Crippen molar-refractivity contribution >= 4 is 45.7 Å². The molecule has 45 heavy (non-hydrogen) atoms. The fourth-order valence-corrected chi connectivity index (χ4v) is 6.17. The van der Waals surface area contributed by atoms with Gasteiger partial charge in [-0.05, 0) is 72.7 Å². The van der Waals surface area contributed by atoms with E-state index in [1.165, 1.54) is 47.0 Å². The van der Waals surface area contributed by atoms with Gasteiger partial charge in [-0.15, -0.1) is 18.3 Å². The Morgan fingerprint density at radius 3 is 2.58 bits per heavy atom. The topological polar surface area (TPSA) is 72.6 Å². The number of rotatable bonds is 11. The Morgan fingerprint density at radius 2 is 1.82 bits per heavy atom. The predicted molar refractivity (Wildman–Crippen MR) is 176 cm³/mol. The molecule has 0 aliphatic carbocycles. The summed E-state index contributed by atoms with van der Waals surface area (Å²) in [6.45, 7) is 4.22. The van der Waals surface area contributed by atoms with Crippen molar-refractivity contribution in [2.45, 2.75) is 58.2 Å². The summed E-state index contributed by atoms with van der Waals surface area (Å²) in [4.78, 5) is 24.1. The van der Waals surface area contributed by atoms with Crippen LogP contribution in [0.25, 0.3) is 17.1 Å². The van der Waals surface area contributed by atoms with E-state index in [0.29, 0.717) is 33.8 Å². The Morgan fingerprint density at radius 1 is 1.04 bits per heavy atom. The molecule has 3 aromatic carbocycles. The van der Waals surface area contributed by atoms with Crippen LogP contribution in [0.2, 0.25) is 0 Å². The molecule has 0 bridgehead atoms. The number of aromatic nitrogens is 3. The van der Waals surface area contributed by atoms with E-state index in [1.54, 1.807) is 4.90 Å². The lowest BCUT2D eigenvalue weighted by Crippen LogP contribution is -2.30. The lowest BCUT2D eigenvalue weighted by molar-refractivity contribution is -0.274. The number of aliphatic imine (C=N–C) groups is 1. The maximum atomic E-state index is 12.7. The number of para-hydroxylation sites is 1. The number of carbonyl (C=O) groups excluding carboxylic acids is 1. The zero-order chi connectivity index (χ0) is 32.0. The number of anilines is 1. The van der Waals surface area contributed by atoms with Gasteiger partial charge in [0.25, 0.3) is 0 Å². The van der Waals surface area contributed by atoms with Crippen LogP contribution in [0.1, 0.15) is 56.6 Å². The number of hydrogen-bond donors (Lipinski definition) is 0. The van der Waals surface area contributed by atoms with Crippen molar-refractivity contribution in [2.24, 2.45) is 4.99 Å². The highest BCUT2D eigenvalue weighted by Crippen LogP contribution is 2.33. The van der Waals surface area contributed by atoms with E-state index < -0.39 is 6.36 Å². The molecule has 0 saturated carbocycles. The minimum absolute atomic E-state index is 0.0208. The highest BCUT2D eigenvalue weighted by atomic mass is 32.2. The van der Waals surface area contributed by atoms with Crippen LogP contribution in [0, 0.1) is 0 Å². The highest BCUT2D eigenvalue weighted by Gasteiger charge is 2.32. The number of amidine groups is 1. The molecule has 4 aromatic rings. The number of halogens is 3. The molecule has 0 radical (unpaired) electrons. The van der Waals surface area contributed by atoms with Crippen LogP contribution in [-0.4, -0.2) is 42.9 Å². The van der Waals surface area contributed by atoms with Crippen LogP contribution in [0.3, 0.4) is 0 Å². The molecule has 0 unspecified atom stereocenters. The molecule has 0 spiro atoms. The molecule has 12 heteroatoms. The largest absolute Gasteiger partial charge is 0.573 e. The number of alkyl halides is 3. The number of nitrogens with zero attached hydrogens (tertiary/aromatic N) is 5. The van der Waals surface area contributed by atoms with Crippen LogP contribution in [0.15, 0.2) is 84.1 Å². The zero-order valence-corrected chi connectivity index (χ0v) is 26.5. The van der Waals surface area contributed by atoms with Gasteiger partial charge in [0.05, 0.1) is 17.1 Å². The van der Waals surface area contributed by atoms with Crippen molar-refractivity contribution in [3.05, 3.63) is 90.3 Å². The van der Waals surface area contributed by atoms with Gasteiger partial charge in [0.2, 0.25) is 5.91 Å². The van der Waals surface area contributed by atoms with E-state index in [4.69, 9.17) is 12.2 Å². The van der Waals surface area contributed by atoms with Crippen LogP contribution in [0.4, 0.5) is 18.9 Å². The standard InChI is InChI=1S/C33H32F3N5O2S2/c1-22(2)27-12-6-7-13-28(27)41-30(42)20-45-32(41)38-29(44)14-5-3-4-9-23-10-8-11-24(19-23)31-37-21-40(39-31)25-15-17-26(18-16-25)43-33(34,35)36/h6-8,10-13,15-19,21-22H,3-5,9,14,20H2,1-2H3. The third-order valence-corrected chi connectivity index (χ3v) is 8.37. The normalized spacial score (nSPS) is 14.5. The number of carbonyl (C=O) groups is 1. The molecule has 1 saturated heterocycles. The zero-order valence-electron chi connectivity index (χ0n) is 24.8. The summed E-state index contributed by atoms with van der Waals surface area (Å²) < 4.78 is 42.7. The number of thioether (sulfide) groups is 1. The van der Waals surface area contributed by atoms with Crippen molar-refractivity contribution in [2.75, 3.05) is 10.7 Å². The molecule has 1 amide bonds. The van der Waals surface area contributed by atoms with E-state index >= 15 is 0 Å². The molecular formula is C33H32F3N5O2S2. The van der Waals surface area contributed by atoms with E-state index in [-0.39, 0.29) is 17.6 Å². The Kier molecular flexibility index (Phi) is 10.3. The predicted octanol–water partition coefficient (Wildman–Crippen LogP) is 8.52. The molecule has 1 fully saturated rings. The van der Waals surface area contributed by atoms with E-state index in [2.05, 4.69) is 45.8 Å². The van der Waals surface area contributed by atoms with Gasteiger partial charge in [-0.3, -0.25) is 9.69 Å². The van der Waals surface area contributed by atoms with Crippen LogP contribution in [-0.2, 0) is 11.2 Å². The van der Waals surface area contributed by atoms with Gasteiger partial charge in [0.15, 0.2) is 11.0 Å². The lowest BCUT2D eigenvalue weighted by atomic mass is 10.0. The summed E-state index contributed by atoms with van der Waals surface area (Å²) in [6, 6.07) is 21.4. The Hall–Kier alpha value is -4.03. The van der Waals surface area contributed by atoms with E-state index in [0.717, 1.165) is 48.1 Å². The molecule has 1 aliphatic rings. The molecule has 234 valence electrons. The Balaban J connectivity index is 1.12. The van der Waals surface area contributed by atoms with Crippen LogP contribution < -0.4 is 9.64 Å². The van der Waals surface area contributed by atoms with Gasteiger partial charge >= 0.3 is 6.36 Å². The number of benzene rings is 3. The molecule has 0 atom stereocenters. The second kappa shape index (κ2) is 14.4. The first kappa shape index (κ1) is 32.4. The van der Waals surface area contributed by atoms with Gasteiger partial charge in [-0.2, -0.15) is 0 Å². The van der Waals surface area contributed by atoms with Crippen molar-refractivity contribution in [1.82, 2.24) is 14.8 Å². The smallest absolute Gasteiger partial charge is 0.406 e. The number of unbranched alkanes of at least 4 members (excludes halogenated alkanes) is 2. The molecule has 2 heterocycles. The van der Waals surface area contributed by atoms with Crippen molar-refractivity contribution in [3.8, 4) is 22.8 Å². The molecule has 0 N–H and O–H groups in total. The summed E-state index contributed by atoms with van der Waals surface area (Å²) in [5, 5.41) is 5.15. The van der Waals surface area contributed by atoms with Crippen molar-refractivity contribution in [3.63, 3.8) is 0 Å². The summed E-state index contributed by atoms with van der Waals surface area (Å²) >= 11 is 7.02. The third-order valence-electron chi connectivity index (χ3n) is 7.15. The van der Waals surface area contributed by atoms with E-state index in [1.807, 2.05) is 36.4 Å². The monoisotopic (exact) mass is 651 g/mol. The van der Waals surface area contributed by atoms with Gasteiger partial charge in [0, 0.05) is 12.0 Å². The van der Waals surface area contributed by atoms with Crippen molar-refractivity contribution in [1.29, 1.82) is 0 Å². The SMILES string of the molecule is CC(C)c1ccccc1N1C(=O)CSC1=NC(=S)CCCCCc1cccc(-c2ncn(-c3ccc(OC(F)(F)F)cc3)n2)c1. The quantitative estimate of drug-likeness (QED) is 0.120. The highest BCUT2D eigenvalue weighted by molar-refractivity contribution is 8.15. The molecule has 1 aromatic heterocycles. The van der Waals surface area contributed by atoms with Gasteiger partial charge < -0.3 is 4.74 Å². The number of hydrogen-bond acceptors (Lipinski definition) is 6. The van der Waals surface area contributed by atoms with E-state index in [9.17, 15) is 18.0 Å². The fraction of sp³-hybridized carbons (Fsp3) is 0.303. The van der Waals surface area contributed by atoms with Crippen LogP contribution in [0.5, 0.6) is 5.75 Å². The lowest BCUT2D eigenvalue weighted by Gasteiger charge is -2.21. The average molecular weight is 652 g/mol. The second-order valence-electron chi connectivity index (χ2n) is 10.8. The summed E-state index contributed by atoms with van der Waals surface area (Å²) in [7, 11) is 0. The average Bonchev–Trinajstić information content (AvgIpc) is 3.64. The fourth-order valence-electron chi connectivity index (χ4n) is 4.99. The Bertz CT molecular complexity index is 1690. The first-order chi connectivity index (χ1) is 21.6. The van der Waals surface area contributed by atoms with Crippen LogP contribution >= 0.6 is 24.0 Å². The third kappa shape index (κ3) is 8.58. The molecule has 1 aliphatic heterocycles. The number of thiocarbonyl (C=S) groups is 1. The van der Waals surface area contributed by atoms with Crippen molar-refractivity contribution < 1.29 is 22.7 Å². The first-order valence-corrected chi connectivity index (χ1v) is 16.0. The summed E-state index contributed by atoms with van der Waals surface area (Å²) in [5.41, 5.74) is 4.55. The van der Waals surface area contributed by atoms with Gasteiger partial charge in [0.1, 0.15) is 17.1 Å². The minimum Gasteiger partial charge on any atom is -0.406 e. The maximum Gasteiger partial charge on any atom is 0.573 e. The maximum absolute atomic E-state index is 12.7. The molecule has 5 rings (SSSR count). The van der Waals surface area contributed by atoms with Gasteiger partial charge in [-0.1, -0.05) is 80.6 Å². The first-order valence-electron chi connectivity index (χ1n) is 14.6. The summed E-state index contributed by atoms with van der Waals surface area (Å²) in [6.07, 6.45) is 1.18. The number of ether oxygens (including phenoxy) is 1. The summed E-state index contributed by atoms with van der Waals surface area (Å²) in [5.74, 6) is 0.876. The molecular weight excluding hydrogens is 620 g/mol. The molecule has 7 nitrogen and oxygen atoms in total.